The zero-order valence-electron chi connectivity index (χ0n) is 12.7. The van der Waals surface area contributed by atoms with Gasteiger partial charge < -0.3 is 5.32 Å². The van der Waals surface area contributed by atoms with E-state index in [-0.39, 0.29) is 6.67 Å². The van der Waals surface area contributed by atoms with E-state index in [4.69, 9.17) is 0 Å². The Kier molecular flexibility index (Phi) is 7.23. The molecule has 1 aliphatic heterocycles. The molecule has 0 saturated carbocycles. The number of likely N-dealkylation sites (tertiary alicyclic amines) is 1. The number of carbonyl (C=O) groups excluding carboxylic acids is 1. The lowest BCUT2D eigenvalue weighted by atomic mass is 10.1. The number of alkyl halides is 1. The van der Waals surface area contributed by atoms with Crippen molar-refractivity contribution in [1.29, 1.82) is 0 Å². The Balaban J connectivity index is 0.000000956. The Bertz CT molecular complexity index is 417. The first-order valence-corrected chi connectivity index (χ1v) is 7.33. The first-order valence-electron chi connectivity index (χ1n) is 7.33. The van der Waals surface area contributed by atoms with E-state index in [0.29, 0.717) is 12.5 Å². The number of rotatable bonds is 6. The second kappa shape index (κ2) is 8.69. The number of aldehydes is 1. The van der Waals surface area contributed by atoms with Gasteiger partial charge in [-0.15, -0.1) is 0 Å². The smallest absolute Gasteiger partial charge is 0.150 e. The summed E-state index contributed by atoms with van der Waals surface area (Å²) in [6.07, 6.45) is 1.50. The maximum atomic E-state index is 12.0. The molecular formula is C16H25FN2O. The van der Waals surface area contributed by atoms with Crippen LogP contribution >= 0.6 is 0 Å². The highest BCUT2D eigenvalue weighted by molar-refractivity contribution is 5.78. The molecule has 1 N–H and O–H groups in total. The second-order valence-corrected chi connectivity index (χ2v) is 4.83. The van der Waals surface area contributed by atoms with Crippen LogP contribution in [0.1, 0.15) is 36.2 Å². The van der Waals surface area contributed by atoms with Crippen molar-refractivity contribution in [2.24, 2.45) is 0 Å². The molecule has 0 aliphatic carbocycles. The first-order chi connectivity index (χ1) is 9.72. The van der Waals surface area contributed by atoms with Crippen LogP contribution in [0.15, 0.2) is 18.2 Å². The minimum atomic E-state index is -0.235. The van der Waals surface area contributed by atoms with Crippen molar-refractivity contribution in [2.75, 3.05) is 31.6 Å². The number of nitrogens with zero attached hydrogens (tertiary/aromatic N) is 1. The maximum Gasteiger partial charge on any atom is 0.150 e. The molecule has 0 radical (unpaired) electrons. The normalized spacial score (nSPS) is 15.0. The van der Waals surface area contributed by atoms with Crippen LogP contribution in [0.5, 0.6) is 0 Å². The van der Waals surface area contributed by atoms with Gasteiger partial charge in [0.05, 0.1) is 12.7 Å². The van der Waals surface area contributed by atoms with Crippen LogP contribution in [0.4, 0.5) is 10.1 Å². The number of hydrogen-bond donors (Lipinski definition) is 1. The zero-order chi connectivity index (χ0) is 15.0. The van der Waals surface area contributed by atoms with Gasteiger partial charge in [0.1, 0.15) is 6.29 Å². The largest absolute Gasteiger partial charge is 0.380 e. The predicted octanol–water partition coefficient (Wildman–Crippen LogP) is 3.29. The molecule has 0 bridgehead atoms. The molecule has 1 fully saturated rings. The van der Waals surface area contributed by atoms with Crippen LogP contribution < -0.4 is 5.32 Å². The third-order valence-corrected chi connectivity index (χ3v) is 3.33. The highest BCUT2D eigenvalue weighted by Crippen LogP contribution is 2.18. The molecule has 0 unspecified atom stereocenters. The van der Waals surface area contributed by atoms with E-state index in [1.165, 1.54) is 0 Å². The average Bonchev–Trinajstić information content (AvgIpc) is 2.43. The maximum absolute atomic E-state index is 12.0. The molecule has 20 heavy (non-hydrogen) atoms. The van der Waals surface area contributed by atoms with Gasteiger partial charge in [0.25, 0.3) is 0 Å². The molecule has 2 rings (SSSR count). The van der Waals surface area contributed by atoms with Crippen molar-refractivity contribution in [1.82, 2.24) is 4.90 Å². The Morgan fingerprint density at radius 1 is 1.40 bits per heavy atom. The van der Waals surface area contributed by atoms with Gasteiger partial charge >= 0.3 is 0 Å². The fourth-order valence-corrected chi connectivity index (χ4v) is 2.26. The number of nitrogens with one attached hydrogen (secondary N) is 1. The highest BCUT2D eigenvalue weighted by Gasteiger charge is 2.25. The van der Waals surface area contributed by atoms with E-state index in [1.807, 2.05) is 39.0 Å². The zero-order valence-corrected chi connectivity index (χ0v) is 12.7. The third-order valence-electron chi connectivity index (χ3n) is 3.33. The summed E-state index contributed by atoms with van der Waals surface area (Å²) in [4.78, 5) is 13.0. The van der Waals surface area contributed by atoms with E-state index < -0.39 is 0 Å². The van der Waals surface area contributed by atoms with Gasteiger partial charge in [-0.05, 0) is 37.1 Å². The summed E-state index contributed by atoms with van der Waals surface area (Å²) in [5.41, 5.74) is 2.77. The van der Waals surface area contributed by atoms with E-state index >= 15 is 0 Å². The van der Waals surface area contributed by atoms with Gasteiger partial charge in [-0.2, -0.15) is 0 Å². The third kappa shape index (κ3) is 4.60. The van der Waals surface area contributed by atoms with E-state index in [1.54, 1.807) is 0 Å². The highest BCUT2D eigenvalue weighted by atomic mass is 19.1. The van der Waals surface area contributed by atoms with Crippen LogP contribution in [0.2, 0.25) is 0 Å². The van der Waals surface area contributed by atoms with Gasteiger partial charge in [0.15, 0.2) is 0 Å². The van der Waals surface area contributed by atoms with Crippen molar-refractivity contribution in [3.8, 4) is 0 Å². The molecule has 112 valence electrons. The van der Waals surface area contributed by atoms with Gasteiger partial charge in [0, 0.05) is 30.9 Å². The van der Waals surface area contributed by atoms with Crippen molar-refractivity contribution in [3.05, 3.63) is 29.3 Å². The lowest BCUT2D eigenvalue weighted by molar-refractivity contribution is 0.112. The molecule has 0 atom stereocenters. The minimum absolute atomic E-state index is 0.235. The molecule has 0 aromatic heterocycles. The fourth-order valence-electron chi connectivity index (χ4n) is 2.26. The Morgan fingerprint density at radius 2 is 2.10 bits per heavy atom. The molecule has 4 heteroatoms. The van der Waals surface area contributed by atoms with Gasteiger partial charge in [-0.1, -0.05) is 13.8 Å². The van der Waals surface area contributed by atoms with Crippen LogP contribution in [0.25, 0.3) is 0 Å². The number of aryl methyl sites for hydroxylation is 1. The monoisotopic (exact) mass is 280 g/mol. The summed E-state index contributed by atoms with van der Waals surface area (Å²) in [7, 11) is 0. The Hall–Kier alpha value is -1.42. The topological polar surface area (TPSA) is 32.3 Å². The van der Waals surface area contributed by atoms with Crippen LogP contribution in [0, 0.1) is 6.92 Å². The van der Waals surface area contributed by atoms with Crippen LogP contribution in [-0.2, 0) is 0 Å². The summed E-state index contributed by atoms with van der Waals surface area (Å²) < 4.78 is 12.0. The van der Waals surface area contributed by atoms with Crippen molar-refractivity contribution < 1.29 is 9.18 Å². The fraction of sp³-hybridized carbons (Fsp3) is 0.562. The molecule has 3 nitrogen and oxygen atoms in total. The Morgan fingerprint density at radius 3 is 2.65 bits per heavy atom. The molecule has 1 aromatic carbocycles. The summed E-state index contributed by atoms with van der Waals surface area (Å²) >= 11 is 0. The first kappa shape index (κ1) is 16.6. The minimum Gasteiger partial charge on any atom is -0.380 e. The quantitative estimate of drug-likeness (QED) is 0.812. The Labute approximate surface area is 121 Å². The van der Waals surface area contributed by atoms with Crippen molar-refractivity contribution in [2.45, 2.75) is 33.2 Å². The van der Waals surface area contributed by atoms with Crippen LogP contribution in [0.3, 0.4) is 0 Å². The summed E-state index contributed by atoms with van der Waals surface area (Å²) in [6, 6.07) is 6.20. The van der Waals surface area contributed by atoms with Crippen LogP contribution in [-0.4, -0.2) is 43.5 Å². The van der Waals surface area contributed by atoms with Gasteiger partial charge in [-0.3, -0.25) is 14.1 Å². The number of benzene rings is 1. The van der Waals surface area contributed by atoms with Gasteiger partial charge in [-0.25, -0.2) is 0 Å². The molecule has 1 aromatic rings. The molecule has 0 amide bonds. The lowest BCUT2D eigenvalue weighted by Crippen LogP contribution is -2.54. The average molecular weight is 280 g/mol. The second-order valence-electron chi connectivity index (χ2n) is 4.83. The SMILES string of the molecule is CC.Cc1cc(NC2CN(CCCF)C2)ccc1C=O. The van der Waals surface area contributed by atoms with E-state index in [2.05, 4.69) is 10.2 Å². The summed E-state index contributed by atoms with van der Waals surface area (Å²) in [6.45, 7) is 8.48. The number of anilines is 1. The van der Waals surface area contributed by atoms with Crippen molar-refractivity contribution >= 4 is 12.0 Å². The lowest BCUT2D eigenvalue weighted by Gasteiger charge is -2.40. The summed E-state index contributed by atoms with van der Waals surface area (Å²) in [5, 5.41) is 3.43. The number of hydrogen-bond acceptors (Lipinski definition) is 3. The molecule has 1 aliphatic rings. The molecule has 1 saturated heterocycles. The summed E-state index contributed by atoms with van der Waals surface area (Å²) in [5.74, 6) is 0. The molecule has 1 heterocycles. The standard InChI is InChI=1S/C14H19FN2O.C2H6/c1-11-7-13(4-3-12(11)10-18)16-14-8-17(9-14)6-2-5-15;1-2/h3-4,7,10,14,16H,2,5-6,8-9H2,1H3;1-2H3. The predicted molar refractivity (Wildman–Crippen MR) is 82.4 cm³/mol. The van der Waals surface area contributed by atoms with Crippen molar-refractivity contribution in [3.63, 3.8) is 0 Å². The van der Waals surface area contributed by atoms with E-state index in [9.17, 15) is 9.18 Å². The number of carbonyl (C=O) groups is 1. The van der Waals surface area contributed by atoms with Gasteiger partial charge in [0.2, 0.25) is 0 Å². The molecular weight excluding hydrogens is 255 g/mol. The number of halogens is 1. The molecule has 0 spiro atoms. The van der Waals surface area contributed by atoms with E-state index in [0.717, 1.165) is 42.7 Å².